The van der Waals surface area contributed by atoms with Gasteiger partial charge in [-0.1, -0.05) is 18.2 Å². The smallest absolute Gasteiger partial charge is 0.339 e. The van der Waals surface area contributed by atoms with Crippen molar-refractivity contribution in [3.63, 3.8) is 0 Å². The van der Waals surface area contributed by atoms with Crippen molar-refractivity contribution in [1.82, 2.24) is 14.6 Å². The molecule has 0 unspecified atom stereocenters. The van der Waals surface area contributed by atoms with Crippen LogP contribution in [0.25, 0.3) is 5.52 Å². The topological polar surface area (TPSA) is 68.5 Å². The SMILES string of the molecule is CCOC(=O)c1cc2cnnc(Nc3ccccc3C)n2c1C. The molecule has 0 saturated heterocycles. The molecule has 0 fully saturated rings. The molecule has 2 heterocycles. The Balaban J connectivity index is 2.08. The van der Waals surface area contributed by atoms with Crippen molar-refractivity contribution >= 4 is 23.1 Å². The molecule has 6 nitrogen and oxygen atoms in total. The number of carbonyl (C=O) groups is 1. The number of rotatable bonds is 4. The lowest BCUT2D eigenvalue weighted by molar-refractivity contribution is 0.0525. The number of nitrogens with zero attached hydrogens (tertiary/aromatic N) is 3. The molecule has 1 aromatic carbocycles. The molecule has 6 heteroatoms. The maximum absolute atomic E-state index is 12.1. The molecule has 23 heavy (non-hydrogen) atoms. The fourth-order valence-electron chi connectivity index (χ4n) is 2.52. The van der Waals surface area contributed by atoms with Gasteiger partial charge in [0.1, 0.15) is 0 Å². The van der Waals surface area contributed by atoms with Crippen LogP contribution in [0, 0.1) is 13.8 Å². The second kappa shape index (κ2) is 6.08. The van der Waals surface area contributed by atoms with Crippen molar-refractivity contribution < 1.29 is 9.53 Å². The van der Waals surface area contributed by atoms with Gasteiger partial charge in [-0.05, 0) is 38.5 Å². The van der Waals surface area contributed by atoms with E-state index in [0.29, 0.717) is 18.1 Å². The molecule has 0 bridgehead atoms. The Labute approximate surface area is 134 Å². The predicted molar refractivity (Wildman–Crippen MR) is 88.1 cm³/mol. The third-order valence-electron chi connectivity index (χ3n) is 3.72. The number of anilines is 2. The van der Waals surface area contributed by atoms with Crippen molar-refractivity contribution in [2.75, 3.05) is 11.9 Å². The lowest BCUT2D eigenvalue weighted by atomic mass is 10.2. The minimum Gasteiger partial charge on any atom is -0.462 e. The summed E-state index contributed by atoms with van der Waals surface area (Å²) in [5.41, 5.74) is 4.12. The zero-order valence-corrected chi connectivity index (χ0v) is 13.3. The van der Waals surface area contributed by atoms with Gasteiger partial charge in [-0.15, -0.1) is 5.10 Å². The highest BCUT2D eigenvalue weighted by Crippen LogP contribution is 2.23. The molecular weight excluding hydrogens is 292 g/mol. The Morgan fingerprint density at radius 3 is 2.83 bits per heavy atom. The molecule has 0 aliphatic rings. The molecule has 1 N–H and O–H groups in total. The number of nitrogens with one attached hydrogen (secondary N) is 1. The van der Waals surface area contributed by atoms with Crippen LogP contribution >= 0.6 is 0 Å². The summed E-state index contributed by atoms with van der Waals surface area (Å²) in [6, 6.07) is 9.69. The number of para-hydroxylation sites is 1. The van der Waals surface area contributed by atoms with Crippen LogP contribution < -0.4 is 5.32 Å². The Hall–Kier alpha value is -2.89. The summed E-state index contributed by atoms with van der Waals surface area (Å²) in [7, 11) is 0. The van der Waals surface area contributed by atoms with Gasteiger partial charge in [0.15, 0.2) is 0 Å². The lowest BCUT2D eigenvalue weighted by Gasteiger charge is -2.11. The second-order valence-corrected chi connectivity index (χ2v) is 5.23. The first-order valence-electron chi connectivity index (χ1n) is 7.45. The maximum atomic E-state index is 12.1. The summed E-state index contributed by atoms with van der Waals surface area (Å²) in [4.78, 5) is 12.1. The number of fused-ring (bicyclic) bond motifs is 1. The average Bonchev–Trinajstić information content (AvgIpc) is 2.88. The third kappa shape index (κ3) is 2.75. The van der Waals surface area contributed by atoms with Crippen LogP contribution in [-0.2, 0) is 4.74 Å². The third-order valence-corrected chi connectivity index (χ3v) is 3.72. The zero-order valence-electron chi connectivity index (χ0n) is 13.3. The van der Waals surface area contributed by atoms with Gasteiger partial charge >= 0.3 is 5.97 Å². The number of benzene rings is 1. The molecule has 3 rings (SSSR count). The van der Waals surface area contributed by atoms with Gasteiger partial charge in [-0.3, -0.25) is 4.40 Å². The van der Waals surface area contributed by atoms with Crippen LogP contribution in [0.5, 0.6) is 0 Å². The summed E-state index contributed by atoms with van der Waals surface area (Å²) >= 11 is 0. The van der Waals surface area contributed by atoms with Crippen LogP contribution in [0.1, 0.15) is 28.5 Å². The van der Waals surface area contributed by atoms with E-state index < -0.39 is 0 Å². The predicted octanol–water partition coefficient (Wildman–Crippen LogP) is 3.27. The van der Waals surface area contributed by atoms with Crippen molar-refractivity contribution in [1.29, 1.82) is 0 Å². The van der Waals surface area contributed by atoms with Crippen LogP contribution in [0.2, 0.25) is 0 Å². The number of aromatic nitrogens is 3. The van der Waals surface area contributed by atoms with E-state index in [1.165, 1.54) is 0 Å². The average molecular weight is 310 g/mol. The van der Waals surface area contributed by atoms with Gasteiger partial charge in [0.25, 0.3) is 0 Å². The van der Waals surface area contributed by atoms with E-state index in [2.05, 4.69) is 15.5 Å². The van der Waals surface area contributed by atoms with Crippen LogP contribution in [0.15, 0.2) is 36.5 Å². The van der Waals surface area contributed by atoms with Gasteiger partial charge in [0, 0.05) is 11.4 Å². The number of aryl methyl sites for hydroxylation is 2. The highest BCUT2D eigenvalue weighted by atomic mass is 16.5. The minimum atomic E-state index is -0.337. The summed E-state index contributed by atoms with van der Waals surface area (Å²) in [6.45, 7) is 6.01. The standard InChI is InChI=1S/C17H18N4O2/c1-4-23-16(22)14-9-13-10-18-20-17(21(13)12(14)3)19-15-8-6-5-7-11(15)2/h5-10H,4H2,1-3H3,(H,19,20). The van der Waals surface area contributed by atoms with Crippen molar-refractivity contribution in [3.05, 3.63) is 53.3 Å². The van der Waals surface area contributed by atoms with Crippen LogP contribution in [0.4, 0.5) is 11.6 Å². The molecule has 0 aliphatic heterocycles. The quantitative estimate of drug-likeness (QED) is 0.749. The maximum Gasteiger partial charge on any atom is 0.339 e. The number of ether oxygens (including phenoxy) is 1. The summed E-state index contributed by atoms with van der Waals surface area (Å²) < 4.78 is 6.97. The van der Waals surface area contributed by atoms with E-state index in [0.717, 1.165) is 22.5 Å². The van der Waals surface area contributed by atoms with Crippen molar-refractivity contribution in [3.8, 4) is 0 Å². The summed E-state index contributed by atoms with van der Waals surface area (Å²) in [5.74, 6) is 0.223. The fraction of sp³-hybridized carbons (Fsp3) is 0.235. The van der Waals surface area contributed by atoms with E-state index in [1.54, 1.807) is 19.2 Å². The molecule has 0 saturated carbocycles. The van der Waals surface area contributed by atoms with E-state index in [9.17, 15) is 4.79 Å². The molecule has 0 aliphatic carbocycles. The first kappa shape index (κ1) is 15.0. The monoisotopic (exact) mass is 310 g/mol. The normalized spacial score (nSPS) is 10.7. The van der Waals surface area contributed by atoms with E-state index in [4.69, 9.17) is 4.74 Å². The number of hydrogen-bond donors (Lipinski definition) is 1. The Morgan fingerprint density at radius 2 is 2.09 bits per heavy atom. The first-order chi connectivity index (χ1) is 11.1. The highest BCUT2D eigenvalue weighted by molar-refractivity contribution is 5.93. The van der Waals surface area contributed by atoms with Gasteiger partial charge in [0.2, 0.25) is 5.95 Å². The molecular formula is C17H18N4O2. The molecule has 0 amide bonds. The highest BCUT2D eigenvalue weighted by Gasteiger charge is 2.17. The lowest BCUT2D eigenvalue weighted by Crippen LogP contribution is -2.08. The minimum absolute atomic E-state index is 0.337. The van der Waals surface area contributed by atoms with Crippen molar-refractivity contribution in [2.24, 2.45) is 0 Å². The fourth-order valence-corrected chi connectivity index (χ4v) is 2.52. The van der Waals surface area contributed by atoms with E-state index in [-0.39, 0.29) is 5.97 Å². The molecule has 0 atom stereocenters. The second-order valence-electron chi connectivity index (χ2n) is 5.23. The zero-order chi connectivity index (χ0) is 16.4. The molecule has 118 valence electrons. The number of esters is 1. The van der Waals surface area contributed by atoms with Gasteiger partial charge in [-0.25, -0.2) is 4.79 Å². The Bertz CT molecular complexity index is 870. The van der Waals surface area contributed by atoms with Crippen LogP contribution in [0.3, 0.4) is 0 Å². The van der Waals surface area contributed by atoms with E-state index in [1.807, 2.05) is 42.5 Å². The molecule has 0 radical (unpaired) electrons. The van der Waals surface area contributed by atoms with Crippen molar-refractivity contribution in [2.45, 2.75) is 20.8 Å². The van der Waals surface area contributed by atoms with Gasteiger partial charge in [0.05, 0.1) is 23.9 Å². The van der Waals surface area contributed by atoms with Gasteiger partial charge < -0.3 is 10.1 Å². The van der Waals surface area contributed by atoms with Gasteiger partial charge in [-0.2, -0.15) is 5.10 Å². The molecule has 2 aromatic heterocycles. The number of hydrogen-bond acceptors (Lipinski definition) is 5. The number of carbonyl (C=O) groups excluding carboxylic acids is 1. The summed E-state index contributed by atoms with van der Waals surface area (Å²) in [6.07, 6.45) is 1.62. The largest absolute Gasteiger partial charge is 0.462 e. The summed E-state index contributed by atoms with van der Waals surface area (Å²) in [5, 5.41) is 11.5. The Kier molecular flexibility index (Phi) is 3.97. The van der Waals surface area contributed by atoms with E-state index >= 15 is 0 Å². The molecule has 0 spiro atoms. The Morgan fingerprint density at radius 1 is 1.30 bits per heavy atom. The first-order valence-corrected chi connectivity index (χ1v) is 7.45. The van der Waals surface area contributed by atoms with Crippen LogP contribution in [-0.4, -0.2) is 27.2 Å². The molecule has 3 aromatic rings.